The van der Waals surface area contributed by atoms with Crippen LogP contribution in [-0.2, 0) is 13.1 Å². The molecule has 5 nitrogen and oxygen atoms in total. The Labute approximate surface area is 200 Å². The first-order valence-corrected chi connectivity index (χ1v) is 10.8. The van der Waals surface area contributed by atoms with E-state index in [-0.39, 0.29) is 24.0 Å². The molecule has 0 saturated carbocycles. The van der Waals surface area contributed by atoms with Crippen LogP contribution in [0.4, 0.5) is 0 Å². The summed E-state index contributed by atoms with van der Waals surface area (Å²) in [6.07, 6.45) is -0.572. The van der Waals surface area contributed by atoms with E-state index in [4.69, 9.17) is 4.99 Å². The highest BCUT2D eigenvalue weighted by Gasteiger charge is 2.12. The van der Waals surface area contributed by atoms with Crippen molar-refractivity contribution >= 4 is 51.4 Å². The van der Waals surface area contributed by atoms with E-state index in [1.54, 1.807) is 11.3 Å². The van der Waals surface area contributed by atoms with Gasteiger partial charge in [-0.2, -0.15) is 0 Å². The molecule has 0 aliphatic rings. The second kappa shape index (κ2) is 12.2. The zero-order chi connectivity index (χ0) is 20.6. The van der Waals surface area contributed by atoms with E-state index < -0.39 is 6.10 Å². The molecule has 1 heterocycles. The van der Waals surface area contributed by atoms with Gasteiger partial charge < -0.3 is 20.6 Å². The minimum absolute atomic E-state index is 0. The summed E-state index contributed by atoms with van der Waals surface area (Å²) in [5.41, 5.74) is 2.49. The number of aliphatic imine (C=N–C) groups is 1. The molecular weight excluding hydrogens is 507 g/mol. The maximum Gasteiger partial charge on any atom is 0.191 e. The summed E-state index contributed by atoms with van der Waals surface area (Å²) in [7, 11) is 4.14. The number of fused-ring (bicyclic) bond motifs is 1. The number of nitrogens with one attached hydrogen (secondary N) is 2. The van der Waals surface area contributed by atoms with Crippen LogP contribution in [-0.4, -0.2) is 43.2 Å². The first kappa shape index (κ1) is 24.6. The van der Waals surface area contributed by atoms with E-state index in [9.17, 15) is 5.11 Å². The predicted octanol–water partition coefficient (Wildman–Crippen LogP) is 4.37. The lowest BCUT2D eigenvalue weighted by Crippen LogP contribution is -2.39. The molecular formula is C23H31IN4OS. The van der Waals surface area contributed by atoms with Crippen LogP contribution in [0.2, 0.25) is 0 Å². The number of thiophene rings is 1. The van der Waals surface area contributed by atoms with Crippen molar-refractivity contribution in [2.45, 2.75) is 26.1 Å². The fourth-order valence-electron chi connectivity index (χ4n) is 3.17. The van der Waals surface area contributed by atoms with Gasteiger partial charge in [-0.15, -0.1) is 35.3 Å². The quantitative estimate of drug-likeness (QED) is 0.227. The monoisotopic (exact) mass is 538 g/mol. The molecule has 162 valence electrons. The van der Waals surface area contributed by atoms with Gasteiger partial charge in [0, 0.05) is 29.2 Å². The van der Waals surface area contributed by atoms with Gasteiger partial charge >= 0.3 is 0 Å². The van der Waals surface area contributed by atoms with Crippen molar-refractivity contribution in [2.75, 3.05) is 27.2 Å². The number of rotatable bonds is 8. The molecule has 30 heavy (non-hydrogen) atoms. The molecule has 1 aromatic heterocycles. The molecule has 0 spiro atoms. The predicted molar refractivity (Wildman–Crippen MR) is 139 cm³/mol. The Kier molecular flexibility index (Phi) is 10.0. The van der Waals surface area contributed by atoms with Crippen LogP contribution in [0.15, 0.2) is 59.6 Å². The van der Waals surface area contributed by atoms with Crippen molar-refractivity contribution in [1.29, 1.82) is 0 Å². The first-order valence-electron chi connectivity index (χ1n) is 9.97. The molecule has 1 atom stereocenters. The van der Waals surface area contributed by atoms with Gasteiger partial charge in [-0.1, -0.05) is 42.5 Å². The van der Waals surface area contributed by atoms with E-state index >= 15 is 0 Å². The maximum atomic E-state index is 10.6. The molecule has 7 heteroatoms. The second-order valence-corrected chi connectivity index (χ2v) is 8.40. The van der Waals surface area contributed by atoms with E-state index in [0.717, 1.165) is 18.0 Å². The standard InChI is InChI=1S/C23H30N4OS.HI/c1-4-24-23(25-14-18-10-5-6-11-19(18)16-27(2)3)26-15-20(28)22-13-17-9-7-8-12-21(17)29-22;/h5-13,20,28H,4,14-16H2,1-3H3,(H2,24,25,26);1H. The Morgan fingerprint density at radius 3 is 2.47 bits per heavy atom. The van der Waals surface area contributed by atoms with Crippen LogP contribution >= 0.6 is 35.3 Å². The van der Waals surface area contributed by atoms with Gasteiger partial charge in [0.05, 0.1) is 6.54 Å². The second-order valence-electron chi connectivity index (χ2n) is 7.28. The molecule has 3 rings (SSSR count). The molecule has 0 radical (unpaired) electrons. The highest BCUT2D eigenvalue weighted by atomic mass is 127. The van der Waals surface area contributed by atoms with Gasteiger partial charge in [-0.05, 0) is 49.7 Å². The summed E-state index contributed by atoms with van der Waals surface area (Å²) in [6, 6.07) is 18.7. The van der Waals surface area contributed by atoms with Crippen LogP contribution in [0.3, 0.4) is 0 Å². The Morgan fingerprint density at radius 1 is 1.07 bits per heavy atom. The van der Waals surface area contributed by atoms with Crippen LogP contribution in [0.25, 0.3) is 10.1 Å². The third kappa shape index (κ3) is 6.94. The average molecular weight is 538 g/mol. The topological polar surface area (TPSA) is 59.9 Å². The smallest absolute Gasteiger partial charge is 0.191 e. The summed E-state index contributed by atoms with van der Waals surface area (Å²) >= 11 is 1.63. The van der Waals surface area contributed by atoms with Gasteiger partial charge in [0.15, 0.2) is 5.96 Å². The Bertz CT molecular complexity index is 924. The van der Waals surface area contributed by atoms with Crippen LogP contribution < -0.4 is 10.6 Å². The molecule has 3 N–H and O–H groups in total. The van der Waals surface area contributed by atoms with E-state index in [1.807, 2.05) is 19.1 Å². The largest absolute Gasteiger partial charge is 0.386 e. The Balaban J connectivity index is 0.00000320. The molecule has 2 aromatic carbocycles. The van der Waals surface area contributed by atoms with Crippen LogP contribution in [0.1, 0.15) is 29.0 Å². The summed E-state index contributed by atoms with van der Waals surface area (Å²) < 4.78 is 1.19. The van der Waals surface area contributed by atoms with Gasteiger partial charge in [0.2, 0.25) is 0 Å². The normalized spacial score (nSPS) is 12.6. The summed E-state index contributed by atoms with van der Waals surface area (Å²) in [5, 5.41) is 18.3. The number of hydrogen-bond acceptors (Lipinski definition) is 4. The lowest BCUT2D eigenvalue weighted by atomic mass is 10.1. The number of aliphatic hydroxyl groups is 1. The number of aliphatic hydroxyl groups excluding tert-OH is 1. The summed E-state index contributed by atoms with van der Waals surface area (Å²) in [6.45, 7) is 4.71. The van der Waals surface area contributed by atoms with Crippen LogP contribution in [0.5, 0.6) is 0 Å². The van der Waals surface area contributed by atoms with Crippen molar-refractivity contribution in [3.63, 3.8) is 0 Å². The zero-order valence-electron chi connectivity index (χ0n) is 17.8. The van der Waals surface area contributed by atoms with Crippen molar-refractivity contribution in [1.82, 2.24) is 15.5 Å². The fourth-order valence-corrected chi connectivity index (χ4v) is 4.22. The average Bonchev–Trinajstić information content (AvgIpc) is 3.15. The molecule has 3 aromatic rings. The number of benzene rings is 2. The van der Waals surface area contributed by atoms with E-state index in [1.165, 1.54) is 21.2 Å². The zero-order valence-corrected chi connectivity index (χ0v) is 20.9. The SMILES string of the molecule is CCNC(=NCc1ccccc1CN(C)C)NCC(O)c1cc2ccccc2s1.I. The van der Waals surface area contributed by atoms with Crippen molar-refractivity contribution in [3.05, 3.63) is 70.6 Å². The lowest BCUT2D eigenvalue weighted by Gasteiger charge is -2.16. The number of hydrogen-bond donors (Lipinski definition) is 3. The van der Waals surface area contributed by atoms with Crippen molar-refractivity contribution in [3.8, 4) is 0 Å². The molecule has 0 aliphatic carbocycles. The number of nitrogens with zero attached hydrogens (tertiary/aromatic N) is 2. The molecule has 0 fully saturated rings. The minimum atomic E-state index is -0.572. The van der Waals surface area contributed by atoms with Crippen molar-refractivity contribution in [2.24, 2.45) is 4.99 Å². The summed E-state index contributed by atoms with van der Waals surface area (Å²) in [5.74, 6) is 0.715. The maximum absolute atomic E-state index is 10.6. The van der Waals surface area contributed by atoms with Crippen LogP contribution in [0, 0.1) is 0 Å². The molecule has 0 amide bonds. The van der Waals surface area contributed by atoms with E-state index in [2.05, 4.69) is 72.1 Å². The van der Waals surface area contributed by atoms with Gasteiger partial charge in [-0.3, -0.25) is 0 Å². The molecule has 0 aliphatic heterocycles. The Morgan fingerprint density at radius 2 is 1.77 bits per heavy atom. The van der Waals surface area contributed by atoms with Gasteiger partial charge in [-0.25, -0.2) is 4.99 Å². The third-order valence-corrected chi connectivity index (χ3v) is 5.81. The summed E-state index contributed by atoms with van der Waals surface area (Å²) in [4.78, 5) is 7.85. The third-order valence-electron chi connectivity index (χ3n) is 4.59. The minimum Gasteiger partial charge on any atom is -0.386 e. The van der Waals surface area contributed by atoms with Gasteiger partial charge in [0.1, 0.15) is 6.10 Å². The highest BCUT2D eigenvalue weighted by molar-refractivity contribution is 14.0. The molecule has 0 bridgehead atoms. The molecule has 0 saturated heterocycles. The van der Waals surface area contributed by atoms with Gasteiger partial charge in [0.25, 0.3) is 0 Å². The molecule has 1 unspecified atom stereocenters. The van der Waals surface area contributed by atoms with Crippen molar-refractivity contribution < 1.29 is 5.11 Å². The Hall–Kier alpha value is -1.68. The number of halogens is 1. The fraction of sp³-hybridized carbons (Fsp3) is 0.348. The first-order chi connectivity index (χ1) is 14.1. The highest BCUT2D eigenvalue weighted by Crippen LogP contribution is 2.29. The number of guanidine groups is 1. The lowest BCUT2D eigenvalue weighted by molar-refractivity contribution is 0.184. The van der Waals surface area contributed by atoms with E-state index in [0.29, 0.717) is 19.0 Å².